The summed E-state index contributed by atoms with van der Waals surface area (Å²) in [7, 11) is 0. The van der Waals surface area contributed by atoms with Gasteiger partial charge in [-0.3, -0.25) is 9.69 Å². The molecule has 21 heavy (non-hydrogen) atoms. The molecule has 1 atom stereocenters. The van der Waals surface area contributed by atoms with Crippen LogP contribution in [-0.2, 0) is 11.2 Å². The Hall–Kier alpha value is -1.45. The fourth-order valence-corrected chi connectivity index (χ4v) is 3.77. The highest BCUT2D eigenvalue weighted by molar-refractivity contribution is 8.00. The van der Waals surface area contributed by atoms with Gasteiger partial charge in [0.25, 0.3) is 0 Å². The van der Waals surface area contributed by atoms with Crippen LogP contribution in [0.25, 0.3) is 0 Å². The molecule has 2 aromatic carbocycles. The summed E-state index contributed by atoms with van der Waals surface area (Å²) < 4.78 is 0. The van der Waals surface area contributed by atoms with Crippen LogP contribution in [0.4, 0.5) is 5.69 Å². The Bertz CT molecular complexity index is 639. The zero-order valence-electron chi connectivity index (χ0n) is 11.8. The molecule has 0 saturated carbocycles. The predicted molar refractivity (Wildman–Crippen MR) is 90.0 cm³/mol. The van der Waals surface area contributed by atoms with Crippen LogP contribution in [0, 0.1) is 0 Å². The van der Waals surface area contributed by atoms with Gasteiger partial charge in [-0.05, 0) is 41.8 Å². The minimum atomic E-state index is 0.0299. The van der Waals surface area contributed by atoms with Gasteiger partial charge in [0.1, 0.15) is 5.37 Å². The van der Waals surface area contributed by atoms with E-state index in [1.165, 1.54) is 5.56 Å². The fraction of sp³-hybridized carbons (Fsp3) is 0.235. The maximum atomic E-state index is 12.3. The van der Waals surface area contributed by atoms with E-state index < -0.39 is 0 Å². The van der Waals surface area contributed by atoms with Gasteiger partial charge in [0, 0.05) is 10.7 Å². The topological polar surface area (TPSA) is 20.3 Å². The van der Waals surface area contributed by atoms with Crippen LogP contribution in [0.1, 0.15) is 23.4 Å². The summed E-state index contributed by atoms with van der Waals surface area (Å²) in [5.41, 5.74) is 3.35. The number of aryl methyl sites for hydroxylation is 1. The smallest absolute Gasteiger partial charge is 0.238 e. The number of halogens is 1. The normalized spacial score (nSPS) is 18.3. The monoisotopic (exact) mass is 317 g/mol. The molecule has 1 aliphatic rings. The standard InChI is InChI=1S/C17H16ClNOS/c1-2-12-3-9-15(10-4-12)19-16(20)11-21-17(19)13-5-7-14(18)8-6-13/h3-10,17H,2,11H2,1H3. The third-order valence-electron chi connectivity index (χ3n) is 3.65. The largest absolute Gasteiger partial charge is 0.295 e. The molecule has 0 aliphatic carbocycles. The summed E-state index contributed by atoms with van der Waals surface area (Å²) >= 11 is 7.60. The van der Waals surface area contributed by atoms with Gasteiger partial charge < -0.3 is 0 Å². The van der Waals surface area contributed by atoms with Crippen LogP contribution in [0.3, 0.4) is 0 Å². The summed E-state index contributed by atoms with van der Waals surface area (Å²) in [4.78, 5) is 14.1. The van der Waals surface area contributed by atoms with Crippen molar-refractivity contribution in [2.75, 3.05) is 10.7 Å². The van der Waals surface area contributed by atoms with E-state index in [9.17, 15) is 4.79 Å². The Balaban J connectivity index is 1.93. The summed E-state index contributed by atoms with van der Waals surface area (Å²) in [6, 6.07) is 16.0. The minimum absolute atomic E-state index is 0.0299. The van der Waals surface area contributed by atoms with Crippen molar-refractivity contribution in [2.24, 2.45) is 0 Å². The number of rotatable bonds is 3. The Morgan fingerprint density at radius 3 is 2.43 bits per heavy atom. The van der Waals surface area contributed by atoms with E-state index in [1.807, 2.05) is 41.3 Å². The van der Waals surface area contributed by atoms with E-state index in [2.05, 4.69) is 19.1 Å². The number of thioether (sulfide) groups is 1. The minimum Gasteiger partial charge on any atom is -0.295 e. The number of carbonyl (C=O) groups is 1. The number of hydrogen-bond donors (Lipinski definition) is 0. The molecule has 1 amide bonds. The third kappa shape index (κ3) is 2.94. The average molecular weight is 318 g/mol. The van der Waals surface area contributed by atoms with Gasteiger partial charge in [0.2, 0.25) is 5.91 Å². The van der Waals surface area contributed by atoms with Crippen LogP contribution >= 0.6 is 23.4 Å². The molecule has 1 fully saturated rings. The van der Waals surface area contributed by atoms with Crippen molar-refractivity contribution < 1.29 is 4.79 Å². The number of benzene rings is 2. The van der Waals surface area contributed by atoms with Crippen molar-refractivity contribution in [1.29, 1.82) is 0 Å². The summed E-state index contributed by atoms with van der Waals surface area (Å²) in [6.45, 7) is 2.13. The van der Waals surface area contributed by atoms with Crippen molar-refractivity contribution in [1.82, 2.24) is 0 Å². The summed E-state index contributed by atoms with van der Waals surface area (Å²) in [5, 5.41) is 0.745. The molecule has 0 spiro atoms. The lowest BCUT2D eigenvalue weighted by atomic mass is 10.1. The second-order valence-corrected chi connectivity index (χ2v) is 6.50. The Morgan fingerprint density at radius 1 is 1.14 bits per heavy atom. The maximum Gasteiger partial charge on any atom is 0.238 e. The first-order valence-electron chi connectivity index (χ1n) is 6.97. The Kier molecular flexibility index (Phi) is 4.22. The van der Waals surface area contributed by atoms with Crippen LogP contribution in [-0.4, -0.2) is 11.7 Å². The van der Waals surface area contributed by atoms with Gasteiger partial charge in [-0.25, -0.2) is 0 Å². The quantitative estimate of drug-likeness (QED) is 0.819. The van der Waals surface area contributed by atoms with Gasteiger partial charge in [0.15, 0.2) is 0 Å². The van der Waals surface area contributed by atoms with E-state index in [4.69, 9.17) is 11.6 Å². The summed E-state index contributed by atoms with van der Waals surface area (Å²) in [5.74, 6) is 0.673. The molecule has 2 nitrogen and oxygen atoms in total. The third-order valence-corrected chi connectivity index (χ3v) is 5.11. The SMILES string of the molecule is CCc1ccc(N2C(=O)CSC2c2ccc(Cl)cc2)cc1. The van der Waals surface area contributed by atoms with Gasteiger partial charge >= 0.3 is 0 Å². The molecule has 0 N–H and O–H groups in total. The Morgan fingerprint density at radius 2 is 1.81 bits per heavy atom. The van der Waals surface area contributed by atoms with Crippen molar-refractivity contribution >= 4 is 35.0 Å². The number of nitrogens with zero attached hydrogens (tertiary/aromatic N) is 1. The number of amides is 1. The van der Waals surface area contributed by atoms with Crippen molar-refractivity contribution in [3.05, 3.63) is 64.7 Å². The van der Waals surface area contributed by atoms with Gasteiger partial charge in [-0.2, -0.15) is 0 Å². The van der Waals surface area contributed by atoms with Crippen LogP contribution in [0.15, 0.2) is 48.5 Å². The zero-order chi connectivity index (χ0) is 14.8. The molecular weight excluding hydrogens is 302 g/mol. The molecule has 0 aromatic heterocycles. The van der Waals surface area contributed by atoms with Gasteiger partial charge in [-0.15, -0.1) is 11.8 Å². The molecule has 1 heterocycles. The lowest BCUT2D eigenvalue weighted by Gasteiger charge is -2.24. The van der Waals surface area contributed by atoms with Crippen molar-refractivity contribution in [3.8, 4) is 0 Å². The fourth-order valence-electron chi connectivity index (χ4n) is 2.47. The predicted octanol–water partition coefficient (Wildman–Crippen LogP) is 4.68. The molecule has 4 heteroatoms. The second kappa shape index (κ2) is 6.12. The highest BCUT2D eigenvalue weighted by Crippen LogP contribution is 2.41. The van der Waals surface area contributed by atoms with Crippen molar-refractivity contribution in [2.45, 2.75) is 18.7 Å². The molecular formula is C17H16ClNOS. The molecule has 0 bridgehead atoms. The van der Waals surface area contributed by atoms with Gasteiger partial charge in [0.05, 0.1) is 5.75 Å². The molecule has 1 saturated heterocycles. The highest BCUT2D eigenvalue weighted by Gasteiger charge is 2.33. The molecule has 1 aliphatic heterocycles. The van der Waals surface area contributed by atoms with E-state index in [1.54, 1.807) is 11.8 Å². The lowest BCUT2D eigenvalue weighted by molar-refractivity contribution is -0.115. The first-order valence-corrected chi connectivity index (χ1v) is 8.40. The number of anilines is 1. The Labute approximate surface area is 134 Å². The van der Waals surface area contributed by atoms with Gasteiger partial charge in [-0.1, -0.05) is 42.8 Å². The first kappa shape index (κ1) is 14.5. The number of carbonyl (C=O) groups excluding carboxylic acids is 1. The second-order valence-electron chi connectivity index (χ2n) is 5.00. The van der Waals surface area contributed by atoms with E-state index >= 15 is 0 Å². The molecule has 3 rings (SSSR count). The molecule has 1 unspecified atom stereocenters. The van der Waals surface area contributed by atoms with Crippen molar-refractivity contribution in [3.63, 3.8) is 0 Å². The summed E-state index contributed by atoms with van der Waals surface area (Å²) in [6.07, 6.45) is 1.00. The maximum absolute atomic E-state index is 12.3. The molecule has 108 valence electrons. The zero-order valence-corrected chi connectivity index (χ0v) is 13.3. The molecule has 0 radical (unpaired) electrons. The van der Waals surface area contributed by atoms with Crippen LogP contribution in [0.5, 0.6) is 0 Å². The van der Waals surface area contributed by atoms with E-state index in [-0.39, 0.29) is 11.3 Å². The first-order chi connectivity index (χ1) is 10.2. The highest BCUT2D eigenvalue weighted by atomic mass is 35.5. The van der Waals surface area contributed by atoms with Crippen LogP contribution in [0.2, 0.25) is 5.02 Å². The lowest BCUT2D eigenvalue weighted by Crippen LogP contribution is -2.27. The van der Waals surface area contributed by atoms with E-state index in [0.717, 1.165) is 17.7 Å². The van der Waals surface area contributed by atoms with E-state index in [0.29, 0.717) is 10.8 Å². The average Bonchev–Trinajstić information content (AvgIpc) is 2.90. The number of hydrogen-bond acceptors (Lipinski definition) is 2. The van der Waals surface area contributed by atoms with Crippen LogP contribution < -0.4 is 4.90 Å². The molecule has 2 aromatic rings.